The number of nitriles is 1. The van der Waals surface area contributed by atoms with Gasteiger partial charge in [-0.15, -0.1) is 0 Å². The molecule has 4 nitrogen and oxygen atoms in total. The fraction of sp³-hybridized carbons (Fsp3) is 0.304. The smallest absolute Gasteiger partial charge is 0.299 e. The molecule has 1 aromatic heterocycles. The molecule has 4 rings (SSSR count). The second-order valence-corrected chi connectivity index (χ2v) is 7.65. The maximum Gasteiger partial charge on any atom is 0.416 e. The first-order chi connectivity index (χ1) is 14.8. The zero-order chi connectivity index (χ0) is 22.0. The summed E-state index contributed by atoms with van der Waals surface area (Å²) < 4.78 is 54.6. The van der Waals surface area contributed by atoms with Crippen molar-refractivity contribution < 1.29 is 17.6 Å². The normalized spacial score (nSPS) is 15.7. The van der Waals surface area contributed by atoms with Crippen LogP contribution in [-0.2, 0) is 12.7 Å². The predicted octanol–water partition coefficient (Wildman–Crippen LogP) is 5.43. The van der Waals surface area contributed by atoms with E-state index in [0.717, 1.165) is 43.6 Å². The standard InChI is InChI=1S/C23H20F4N4/c24-21-4-2-1-3-20(21)22-17(14-30-11-9-16(13-28)10-12-30)15-31(29-22)19-7-5-18(6-8-19)23(25,26)27/h1-8,15-16H,9-12,14H2. The zero-order valence-electron chi connectivity index (χ0n) is 16.6. The quantitative estimate of drug-likeness (QED) is 0.521. The van der Waals surface area contributed by atoms with E-state index >= 15 is 0 Å². The Balaban J connectivity index is 1.67. The fourth-order valence-corrected chi connectivity index (χ4v) is 3.80. The summed E-state index contributed by atoms with van der Waals surface area (Å²) in [5.41, 5.74) is 1.30. The van der Waals surface area contributed by atoms with Gasteiger partial charge in [0.05, 0.1) is 17.3 Å². The topological polar surface area (TPSA) is 44.9 Å². The summed E-state index contributed by atoms with van der Waals surface area (Å²) in [4.78, 5) is 2.19. The summed E-state index contributed by atoms with van der Waals surface area (Å²) in [6, 6.07) is 13.3. The van der Waals surface area contributed by atoms with E-state index in [-0.39, 0.29) is 5.92 Å². The van der Waals surface area contributed by atoms with E-state index < -0.39 is 17.6 Å². The van der Waals surface area contributed by atoms with Gasteiger partial charge >= 0.3 is 6.18 Å². The van der Waals surface area contributed by atoms with E-state index in [1.807, 2.05) is 0 Å². The molecule has 1 saturated heterocycles. The number of piperidine rings is 1. The number of hydrogen-bond acceptors (Lipinski definition) is 3. The Kier molecular flexibility index (Phi) is 5.79. The molecular weight excluding hydrogens is 408 g/mol. The van der Waals surface area contributed by atoms with Gasteiger partial charge in [-0.05, 0) is 62.3 Å². The van der Waals surface area contributed by atoms with Crippen molar-refractivity contribution in [3.05, 3.63) is 71.7 Å². The minimum atomic E-state index is -4.41. The second kappa shape index (κ2) is 8.52. The lowest BCUT2D eigenvalue weighted by molar-refractivity contribution is -0.137. The number of alkyl halides is 3. The van der Waals surface area contributed by atoms with Crippen LogP contribution in [0.1, 0.15) is 24.0 Å². The van der Waals surface area contributed by atoms with Crippen LogP contribution in [0.2, 0.25) is 0 Å². The minimum Gasteiger partial charge on any atom is -0.299 e. The fourth-order valence-electron chi connectivity index (χ4n) is 3.80. The first-order valence-corrected chi connectivity index (χ1v) is 9.98. The highest BCUT2D eigenvalue weighted by Crippen LogP contribution is 2.31. The number of likely N-dealkylation sites (tertiary alicyclic amines) is 1. The van der Waals surface area contributed by atoms with Crippen LogP contribution in [0.3, 0.4) is 0 Å². The molecule has 0 amide bonds. The Bertz CT molecular complexity index is 1090. The lowest BCUT2D eigenvalue weighted by atomic mass is 9.98. The van der Waals surface area contributed by atoms with Crippen LogP contribution in [0.15, 0.2) is 54.7 Å². The number of rotatable bonds is 4. The monoisotopic (exact) mass is 428 g/mol. The molecule has 0 radical (unpaired) electrons. The van der Waals surface area contributed by atoms with Gasteiger partial charge in [0.25, 0.3) is 0 Å². The molecule has 160 valence electrons. The molecule has 0 saturated carbocycles. The lowest BCUT2D eigenvalue weighted by Crippen LogP contribution is -2.32. The van der Waals surface area contributed by atoms with Gasteiger partial charge in [0.1, 0.15) is 11.5 Å². The SMILES string of the molecule is N#CC1CCN(Cc2cn(-c3ccc(C(F)(F)F)cc3)nc2-c2ccccc2F)CC1. The third-order valence-electron chi connectivity index (χ3n) is 5.54. The zero-order valence-corrected chi connectivity index (χ0v) is 16.6. The summed E-state index contributed by atoms with van der Waals surface area (Å²) in [5, 5.41) is 13.6. The summed E-state index contributed by atoms with van der Waals surface area (Å²) in [6.07, 6.45) is -1.13. The van der Waals surface area contributed by atoms with Crippen LogP contribution in [-0.4, -0.2) is 27.8 Å². The molecule has 0 bridgehead atoms. The van der Waals surface area contributed by atoms with Crippen molar-refractivity contribution in [3.8, 4) is 23.0 Å². The van der Waals surface area contributed by atoms with Crippen molar-refractivity contribution in [3.63, 3.8) is 0 Å². The van der Waals surface area contributed by atoms with E-state index in [0.29, 0.717) is 23.5 Å². The summed E-state index contributed by atoms with van der Waals surface area (Å²) in [7, 11) is 0. The van der Waals surface area contributed by atoms with Gasteiger partial charge in [0, 0.05) is 29.8 Å². The molecule has 0 spiro atoms. The molecule has 0 aliphatic carbocycles. The van der Waals surface area contributed by atoms with Crippen molar-refractivity contribution >= 4 is 0 Å². The van der Waals surface area contributed by atoms with Gasteiger partial charge in [-0.3, -0.25) is 4.90 Å². The molecule has 0 atom stereocenters. The third-order valence-corrected chi connectivity index (χ3v) is 5.54. The first kappa shape index (κ1) is 21.1. The highest BCUT2D eigenvalue weighted by Gasteiger charge is 2.30. The van der Waals surface area contributed by atoms with Gasteiger partial charge in [-0.25, -0.2) is 9.07 Å². The molecule has 2 aromatic carbocycles. The average Bonchev–Trinajstić information content (AvgIpc) is 3.17. The van der Waals surface area contributed by atoms with E-state index in [9.17, 15) is 17.6 Å². The van der Waals surface area contributed by atoms with Gasteiger partial charge < -0.3 is 0 Å². The highest BCUT2D eigenvalue weighted by molar-refractivity contribution is 5.64. The van der Waals surface area contributed by atoms with Crippen LogP contribution in [0.4, 0.5) is 17.6 Å². The molecule has 3 aromatic rings. The van der Waals surface area contributed by atoms with Crippen molar-refractivity contribution in [1.82, 2.24) is 14.7 Å². The molecule has 1 aliphatic heterocycles. The van der Waals surface area contributed by atoms with Crippen molar-refractivity contribution in [2.75, 3.05) is 13.1 Å². The Labute approximate surface area is 177 Å². The first-order valence-electron chi connectivity index (χ1n) is 9.98. The second-order valence-electron chi connectivity index (χ2n) is 7.65. The molecule has 0 N–H and O–H groups in total. The Morgan fingerprint density at radius 2 is 1.71 bits per heavy atom. The van der Waals surface area contributed by atoms with Crippen molar-refractivity contribution in [2.24, 2.45) is 5.92 Å². The summed E-state index contributed by atoms with van der Waals surface area (Å²) >= 11 is 0. The number of halogens is 4. The number of nitrogens with zero attached hydrogens (tertiary/aromatic N) is 4. The number of hydrogen-bond donors (Lipinski definition) is 0. The molecule has 1 fully saturated rings. The minimum absolute atomic E-state index is 0.0529. The number of aromatic nitrogens is 2. The van der Waals surface area contributed by atoms with E-state index in [1.54, 1.807) is 24.4 Å². The predicted molar refractivity (Wildman–Crippen MR) is 108 cm³/mol. The van der Waals surface area contributed by atoms with Gasteiger partial charge in [-0.2, -0.15) is 23.5 Å². The molecule has 8 heteroatoms. The molecule has 0 unspecified atom stereocenters. The molecule has 1 aliphatic rings. The molecule has 2 heterocycles. The van der Waals surface area contributed by atoms with Crippen LogP contribution >= 0.6 is 0 Å². The van der Waals surface area contributed by atoms with Crippen molar-refractivity contribution in [2.45, 2.75) is 25.6 Å². The lowest BCUT2D eigenvalue weighted by Gasteiger charge is -2.28. The largest absolute Gasteiger partial charge is 0.416 e. The molecule has 31 heavy (non-hydrogen) atoms. The van der Waals surface area contributed by atoms with Gasteiger partial charge in [-0.1, -0.05) is 12.1 Å². The Morgan fingerprint density at radius 1 is 1.03 bits per heavy atom. The van der Waals surface area contributed by atoms with Gasteiger partial charge in [0.15, 0.2) is 0 Å². The Morgan fingerprint density at radius 3 is 2.32 bits per heavy atom. The Hall–Kier alpha value is -3.18. The van der Waals surface area contributed by atoms with Crippen LogP contribution in [0, 0.1) is 23.1 Å². The molecular formula is C23H20F4N4. The summed E-state index contributed by atoms with van der Waals surface area (Å²) in [6.45, 7) is 2.02. The van der Waals surface area contributed by atoms with Crippen molar-refractivity contribution in [1.29, 1.82) is 5.26 Å². The van der Waals surface area contributed by atoms with E-state index in [1.165, 1.54) is 22.9 Å². The van der Waals surface area contributed by atoms with E-state index in [2.05, 4.69) is 16.1 Å². The van der Waals surface area contributed by atoms with E-state index in [4.69, 9.17) is 5.26 Å². The third kappa shape index (κ3) is 4.62. The maximum absolute atomic E-state index is 14.5. The summed E-state index contributed by atoms with van der Waals surface area (Å²) in [5.74, 6) is -0.359. The average molecular weight is 428 g/mol. The van der Waals surface area contributed by atoms with Gasteiger partial charge in [0.2, 0.25) is 0 Å². The van der Waals surface area contributed by atoms with Crippen LogP contribution < -0.4 is 0 Å². The highest BCUT2D eigenvalue weighted by atomic mass is 19.4. The van der Waals surface area contributed by atoms with Crippen LogP contribution in [0.5, 0.6) is 0 Å². The maximum atomic E-state index is 14.5. The van der Waals surface area contributed by atoms with Crippen LogP contribution in [0.25, 0.3) is 16.9 Å². The number of benzene rings is 2.